The molecule has 6 nitrogen and oxygen atoms in total. The van der Waals surface area contributed by atoms with Crippen molar-refractivity contribution in [1.29, 1.82) is 0 Å². The van der Waals surface area contributed by atoms with Gasteiger partial charge < -0.3 is 15.0 Å². The number of aldehydes is 1. The maximum absolute atomic E-state index is 13.0. The Kier molecular flexibility index (Phi) is 7.57. The zero-order valence-corrected chi connectivity index (χ0v) is 17.8. The first-order valence-corrected chi connectivity index (χ1v) is 9.24. The molecular weight excluding hydrogens is 344 g/mol. The van der Waals surface area contributed by atoms with Gasteiger partial charge in [0.25, 0.3) is 5.91 Å². The van der Waals surface area contributed by atoms with Crippen LogP contribution >= 0.6 is 0 Å². The number of benzene rings is 1. The van der Waals surface area contributed by atoms with Gasteiger partial charge in [0.05, 0.1) is 5.56 Å². The van der Waals surface area contributed by atoms with Crippen LogP contribution in [0.15, 0.2) is 0 Å². The zero-order chi connectivity index (χ0) is 20.9. The fourth-order valence-corrected chi connectivity index (χ4v) is 3.01. The van der Waals surface area contributed by atoms with E-state index >= 15 is 0 Å². The molecule has 1 N–H and O–H groups in total. The van der Waals surface area contributed by atoms with E-state index < -0.39 is 11.7 Å². The van der Waals surface area contributed by atoms with Gasteiger partial charge in [-0.25, -0.2) is 4.79 Å². The normalized spacial score (nSPS) is 11.1. The molecule has 1 rings (SSSR count). The predicted octanol–water partition coefficient (Wildman–Crippen LogP) is 3.58. The molecule has 0 radical (unpaired) electrons. The lowest BCUT2D eigenvalue weighted by atomic mass is 9.87. The van der Waals surface area contributed by atoms with E-state index in [4.69, 9.17) is 4.74 Å². The highest BCUT2D eigenvalue weighted by Gasteiger charge is 2.24. The summed E-state index contributed by atoms with van der Waals surface area (Å²) in [5.41, 5.74) is 4.17. The summed E-state index contributed by atoms with van der Waals surface area (Å²) in [4.78, 5) is 38.0. The van der Waals surface area contributed by atoms with E-state index in [9.17, 15) is 14.4 Å². The van der Waals surface area contributed by atoms with Crippen molar-refractivity contribution < 1.29 is 19.1 Å². The lowest BCUT2D eigenvalue weighted by Crippen LogP contribution is -2.39. The van der Waals surface area contributed by atoms with Gasteiger partial charge >= 0.3 is 6.09 Å². The smallest absolute Gasteiger partial charge is 0.407 e. The summed E-state index contributed by atoms with van der Waals surface area (Å²) in [5.74, 6) is -0.217. The van der Waals surface area contributed by atoms with Crippen molar-refractivity contribution in [2.75, 3.05) is 20.1 Å². The second-order valence-electron chi connectivity index (χ2n) is 7.77. The van der Waals surface area contributed by atoms with E-state index in [0.717, 1.165) is 28.5 Å². The summed E-state index contributed by atoms with van der Waals surface area (Å²) < 4.78 is 5.18. The fraction of sp³-hybridized carbons (Fsp3) is 0.571. The van der Waals surface area contributed by atoms with Crippen molar-refractivity contribution >= 4 is 18.3 Å². The molecule has 0 fully saturated rings. The molecule has 0 aliphatic rings. The summed E-state index contributed by atoms with van der Waals surface area (Å²) in [6.45, 7) is 13.7. The largest absolute Gasteiger partial charge is 0.444 e. The second-order valence-corrected chi connectivity index (χ2v) is 7.77. The van der Waals surface area contributed by atoms with Crippen LogP contribution in [0.4, 0.5) is 4.79 Å². The van der Waals surface area contributed by atoms with Crippen LogP contribution in [0.3, 0.4) is 0 Å². The Hall–Kier alpha value is -2.37. The molecule has 150 valence electrons. The van der Waals surface area contributed by atoms with Gasteiger partial charge in [0.15, 0.2) is 6.29 Å². The Morgan fingerprint density at radius 1 is 1.11 bits per heavy atom. The third-order valence-electron chi connectivity index (χ3n) is 4.70. The molecule has 0 saturated carbocycles. The molecule has 0 spiro atoms. The number of ether oxygens (including phenoxy) is 1. The Balaban J connectivity index is 2.99. The van der Waals surface area contributed by atoms with Gasteiger partial charge in [-0.1, -0.05) is 6.92 Å². The van der Waals surface area contributed by atoms with Crippen molar-refractivity contribution in [3.8, 4) is 0 Å². The molecule has 0 atom stereocenters. The van der Waals surface area contributed by atoms with Gasteiger partial charge in [0.2, 0.25) is 0 Å². The van der Waals surface area contributed by atoms with Gasteiger partial charge in [-0.05, 0) is 70.2 Å². The van der Waals surface area contributed by atoms with Gasteiger partial charge in [0.1, 0.15) is 5.60 Å². The first kappa shape index (κ1) is 22.7. The summed E-state index contributed by atoms with van der Waals surface area (Å²) in [7, 11) is 1.66. The average Bonchev–Trinajstić information content (AvgIpc) is 2.57. The van der Waals surface area contributed by atoms with E-state index in [-0.39, 0.29) is 12.5 Å². The molecule has 0 aliphatic heterocycles. The number of nitrogens with zero attached hydrogens (tertiary/aromatic N) is 1. The van der Waals surface area contributed by atoms with Gasteiger partial charge in [-0.15, -0.1) is 0 Å². The number of hydrogen-bond donors (Lipinski definition) is 1. The number of hydrogen-bond acceptors (Lipinski definition) is 4. The SMILES string of the molecule is CCc1c(C)c(C)c(C)c(C=O)c1C(=O)N(C)CCNC(=O)OC(C)(C)C. The Morgan fingerprint density at radius 3 is 2.19 bits per heavy atom. The average molecular weight is 376 g/mol. The summed E-state index contributed by atoms with van der Waals surface area (Å²) in [6, 6.07) is 0. The topological polar surface area (TPSA) is 75.7 Å². The molecule has 0 aromatic heterocycles. The highest BCUT2D eigenvalue weighted by Crippen LogP contribution is 2.27. The minimum Gasteiger partial charge on any atom is -0.444 e. The molecule has 1 aromatic carbocycles. The maximum atomic E-state index is 13.0. The molecule has 6 heteroatoms. The van der Waals surface area contributed by atoms with Crippen molar-refractivity contribution in [1.82, 2.24) is 10.2 Å². The summed E-state index contributed by atoms with van der Waals surface area (Å²) in [6.07, 6.45) is 0.910. The van der Waals surface area contributed by atoms with Crippen LogP contribution in [-0.4, -0.2) is 48.9 Å². The molecule has 0 unspecified atom stereocenters. The van der Waals surface area contributed by atoms with E-state index in [2.05, 4.69) is 5.32 Å². The quantitative estimate of drug-likeness (QED) is 0.770. The lowest BCUT2D eigenvalue weighted by molar-refractivity contribution is 0.0517. The van der Waals surface area contributed by atoms with Gasteiger partial charge in [0, 0.05) is 25.7 Å². The molecule has 0 saturated heterocycles. The Morgan fingerprint density at radius 2 is 1.70 bits per heavy atom. The first-order valence-electron chi connectivity index (χ1n) is 9.24. The Labute approximate surface area is 162 Å². The van der Waals surface area contributed by atoms with Crippen molar-refractivity contribution in [2.45, 2.75) is 60.5 Å². The fourth-order valence-electron chi connectivity index (χ4n) is 3.01. The number of alkyl carbamates (subject to hydrolysis) is 1. The highest BCUT2D eigenvalue weighted by molar-refractivity contribution is 6.04. The molecular formula is C21H32N2O4. The van der Waals surface area contributed by atoms with Crippen LogP contribution in [-0.2, 0) is 11.2 Å². The number of amides is 2. The van der Waals surface area contributed by atoms with Crippen LogP contribution in [0.1, 0.15) is 70.7 Å². The van der Waals surface area contributed by atoms with E-state index in [1.807, 2.05) is 27.7 Å². The molecule has 1 aromatic rings. The minimum absolute atomic E-state index is 0.217. The molecule has 0 heterocycles. The lowest BCUT2D eigenvalue weighted by Gasteiger charge is -2.24. The van der Waals surface area contributed by atoms with E-state index in [1.165, 1.54) is 4.90 Å². The second kappa shape index (κ2) is 9.02. The number of carbonyl (C=O) groups excluding carboxylic acids is 3. The van der Waals surface area contributed by atoms with Crippen LogP contribution in [0, 0.1) is 20.8 Å². The third kappa shape index (κ3) is 5.55. The molecule has 2 amide bonds. The minimum atomic E-state index is -0.572. The van der Waals surface area contributed by atoms with E-state index in [1.54, 1.807) is 27.8 Å². The third-order valence-corrected chi connectivity index (χ3v) is 4.70. The number of nitrogens with one attached hydrogen (secondary N) is 1. The van der Waals surface area contributed by atoms with Crippen LogP contribution in [0.5, 0.6) is 0 Å². The van der Waals surface area contributed by atoms with Crippen LogP contribution < -0.4 is 5.32 Å². The van der Waals surface area contributed by atoms with Gasteiger partial charge in [-0.2, -0.15) is 0 Å². The summed E-state index contributed by atoms with van der Waals surface area (Å²) >= 11 is 0. The highest BCUT2D eigenvalue weighted by atomic mass is 16.6. The zero-order valence-electron chi connectivity index (χ0n) is 17.8. The molecule has 0 aliphatic carbocycles. The van der Waals surface area contributed by atoms with Crippen molar-refractivity contribution in [2.24, 2.45) is 0 Å². The first-order chi connectivity index (χ1) is 12.4. The molecule has 0 bridgehead atoms. The predicted molar refractivity (Wildman–Crippen MR) is 107 cm³/mol. The number of carbonyl (C=O) groups is 3. The standard InChI is InChI=1S/C21H32N2O4/c1-9-16-14(3)13(2)15(4)17(12-24)18(16)19(25)23(8)11-10-22-20(26)27-21(5,6)7/h12H,9-11H2,1-8H3,(H,22,26). The van der Waals surface area contributed by atoms with Crippen molar-refractivity contribution in [3.63, 3.8) is 0 Å². The van der Waals surface area contributed by atoms with Crippen LogP contribution in [0.2, 0.25) is 0 Å². The number of likely N-dealkylation sites (N-methyl/N-ethyl adjacent to an activating group) is 1. The maximum Gasteiger partial charge on any atom is 0.407 e. The molecule has 27 heavy (non-hydrogen) atoms. The van der Waals surface area contributed by atoms with Crippen molar-refractivity contribution in [3.05, 3.63) is 33.4 Å². The monoisotopic (exact) mass is 376 g/mol. The van der Waals surface area contributed by atoms with Crippen LogP contribution in [0.25, 0.3) is 0 Å². The number of rotatable bonds is 6. The summed E-state index contributed by atoms with van der Waals surface area (Å²) in [5, 5.41) is 2.64. The van der Waals surface area contributed by atoms with E-state index in [0.29, 0.717) is 24.1 Å². The van der Waals surface area contributed by atoms with Gasteiger partial charge in [-0.3, -0.25) is 9.59 Å². The Bertz CT molecular complexity index is 733.